The van der Waals surface area contributed by atoms with Crippen LogP contribution in [0.3, 0.4) is 0 Å². The van der Waals surface area contributed by atoms with E-state index in [1.54, 1.807) is 0 Å². The number of thioether (sulfide) groups is 1. The fraction of sp³-hybridized carbons (Fsp3) is 0.429. The van der Waals surface area contributed by atoms with Crippen molar-refractivity contribution in [3.8, 4) is 5.75 Å². The summed E-state index contributed by atoms with van der Waals surface area (Å²) in [4.78, 5) is 2.36. The predicted octanol–water partition coefficient (Wildman–Crippen LogP) is 3.81. The van der Waals surface area contributed by atoms with E-state index in [-0.39, 0.29) is 6.10 Å². The van der Waals surface area contributed by atoms with E-state index in [9.17, 15) is 0 Å². The zero-order chi connectivity index (χ0) is 18.2. The van der Waals surface area contributed by atoms with Gasteiger partial charge < -0.3 is 14.2 Å². The summed E-state index contributed by atoms with van der Waals surface area (Å²) >= 11 is 1.99. The number of rotatable bonds is 3. The molecule has 1 fully saturated rings. The van der Waals surface area contributed by atoms with Gasteiger partial charge in [-0.2, -0.15) is 16.9 Å². The second kappa shape index (κ2) is 7.08. The molecular weight excluding hydrogens is 356 g/mol. The lowest BCUT2D eigenvalue weighted by Crippen LogP contribution is -2.39. The van der Waals surface area contributed by atoms with Gasteiger partial charge >= 0.3 is 0 Å². The van der Waals surface area contributed by atoms with Crippen LogP contribution in [-0.4, -0.2) is 39.7 Å². The molecule has 2 aliphatic rings. The number of hydrogen-bond donors (Lipinski definition) is 0. The first-order valence-corrected chi connectivity index (χ1v) is 10.8. The molecule has 0 amide bonds. The summed E-state index contributed by atoms with van der Waals surface area (Å²) in [7, 11) is 2.07. The zero-order valence-electron chi connectivity index (χ0n) is 15.6. The molecule has 27 heavy (non-hydrogen) atoms. The van der Waals surface area contributed by atoms with E-state index in [1.807, 2.05) is 11.8 Å². The van der Waals surface area contributed by atoms with Crippen LogP contribution in [0.2, 0.25) is 0 Å². The van der Waals surface area contributed by atoms with E-state index in [0.717, 1.165) is 55.4 Å². The first-order valence-electron chi connectivity index (χ1n) is 9.67. The van der Waals surface area contributed by atoms with Gasteiger partial charge in [-0.15, -0.1) is 5.10 Å². The van der Waals surface area contributed by atoms with Crippen LogP contribution in [0.4, 0.5) is 5.82 Å². The SMILES string of the molecule is Cn1ccc2c(OC3CCN(c4cc5c(nn4)CCSC5)CC3)cccc21. The molecular formula is C21H24N4OS. The predicted molar refractivity (Wildman–Crippen MR) is 111 cm³/mol. The lowest BCUT2D eigenvalue weighted by molar-refractivity contribution is 0.173. The molecule has 5 rings (SSSR count). The molecule has 2 aliphatic heterocycles. The monoisotopic (exact) mass is 380 g/mol. The van der Waals surface area contributed by atoms with Gasteiger partial charge in [-0.05, 0) is 35.6 Å². The summed E-state index contributed by atoms with van der Waals surface area (Å²) < 4.78 is 8.51. The van der Waals surface area contributed by atoms with Crippen LogP contribution in [0, 0.1) is 0 Å². The molecule has 4 heterocycles. The van der Waals surface area contributed by atoms with Gasteiger partial charge in [0.25, 0.3) is 0 Å². The van der Waals surface area contributed by atoms with Crippen molar-refractivity contribution in [2.24, 2.45) is 7.05 Å². The summed E-state index contributed by atoms with van der Waals surface area (Å²) in [6.45, 7) is 1.94. The third kappa shape index (κ3) is 3.27. The van der Waals surface area contributed by atoms with Gasteiger partial charge in [0.05, 0.1) is 11.2 Å². The molecule has 0 N–H and O–H groups in total. The molecule has 1 saturated heterocycles. The maximum atomic E-state index is 6.38. The number of aromatic nitrogens is 3. The Hall–Kier alpha value is -2.21. The van der Waals surface area contributed by atoms with Gasteiger partial charge in [-0.25, -0.2) is 0 Å². The van der Waals surface area contributed by atoms with E-state index in [2.05, 4.69) is 63.2 Å². The Kier molecular flexibility index (Phi) is 4.44. The number of anilines is 1. The van der Waals surface area contributed by atoms with E-state index >= 15 is 0 Å². The summed E-state index contributed by atoms with van der Waals surface area (Å²) in [5, 5.41) is 10.2. The quantitative estimate of drug-likeness (QED) is 0.691. The number of aryl methyl sites for hydroxylation is 2. The third-order valence-electron chi connectivity index (χ3n) is 5.64. The van der Waals surface area contributed by atoms with Crippen LogP contribution in [0.5, 0.6) is 5.75 Å². The highest BCUT2D eigenvalue weighted by Gasteiger charge is 2.23. The lowest BCUT2D eigenvalue weighted by atomic mass is 10.1. The first kappa shape index (κ1) is 16.9. The number of ether oxygens (including phenoxy) is 1. The Balaban J connectivity index is 1.26. The van der Waals surface area contributed by atoms with E-state index < -0.39 is 0 Å². The van der Waals surface area contributed by atoms with Crippen LogP contribution in [-0.2, 0) is 19.2 Å². The molecule has 3 aromatic rings. The van der Waals surface area contributed by atoms with Crippen molar-refractivity contribution in [3.05, 3.63) is 47.8 Å². The molecule has 0 atom stereocenters. The number of hydrogen-bond acceptors (Lipinski definition) is 5. The van der Waals surface area contributed by atoms with Gasteiger partial charge in [-0.1, -0.05) is 6.07 Å². The molecule has 0 unspecified atom stereocenters. The summed E-state index contributed by atoms with van der Waals surface area (Å²) in [5.41, 5.74) is 3.77. The number of piperidine rings is 1. The number of benzene rings is 1. The molecule has 0 bridgehead atoms. The second-order valence-corrected chi connectivity index (χ2v) is 8.50. The smallest absolute Gasteiger partial charge is 0.151 e. The van der Waals surface area contributed by atoms with Crippen molar-refractivity contribution >= 4 is 28.5 Å². The molecule has 140 valence electrons. The minimum atomic E-state index is 0.258. The van der Waals surface area contributed by atoms with Gasteiger partial charge in [-0.3, -0.25) is 0 Å². The minimum Gasteiger partial charge on any atom is -0.490 e. The standard InChI is InChI=1S/C21H24N4OS/c1-24-9-7-17-19(24)3-2-4-20(17)26-16-5-10-25(11-6-16)21-13-15-14-27-12-8-18(15)22-23-21/h2-4,7,9,13,16H,5-6,8,10-12,14H2,1H3. The van der Waals surface area contributed by atoms with Crippen LogP contribution in [0.25, 0.3) is 10.9 Å². The molecule has 0 aliphatic carbocycles. The lowest BCUT2D eigenvalue weighted by Gasteiger charge is -2.33. The Bertz CT molecular complexity index is 962. The highest BCUT2D eigenvalue weighted by Crippen LogP contribution is 2.30. The topological polar surface area (TPSA) is 43.2 Å². The van der Waals surface area contributed by atoms with Crippen molar-refractivity contribution in [1.82, 2.24) is 14.8 Å². The van der Waals surface area contributed by atoms with Crippen molar-refractivity contribution in [3.63, 3.8) is 0 Å². The highest BCUT2D eigenvalue weighted by atomic mass is 32.2. The van der Waals surface area contributed by atoms with Crippen LogP contribution in [0.1, 0.15) is 24.1 Å². The molecule has 0 saturated carbocycles. The normalized spacial score (nSPS) is 17.9. The fourth-order valence-corrected chi connectivity index (χ4v) is 5.00. The Morgan fingerprint density at radius 2 is 2.04 bits per heavy atom. The van der Waals surface area contributed by atoms with E-state index in [1.165, 1.54) is 22.2 Å². The van der Waals surface area contributed by atoms with Crippen molar-refractivity contribution in [2.45, 2.75) is 31.1 Å². The average Bonchev–Trinajstić information content (AvgIpc) is 3.10. The van der Waals surface area contributed by atoms with Crippen LogP contribution < -0.4 is 9.64 Å². The van der Waals surface area contributed by atoms with Crippen LogP contribution in [0.15, 0.2) is 36.5 Å². The molecule has 0 spiro atoms. The molecule has 5 nitrogen and oxygen atoms in total. The summed E-state index contributed by atoms with van der Waals surface area (Å²) in [6, 6.07) is 10.7. The van der Waals surface area contributed by atoms with Crippen molar-refractivity contribution in [2.75, 3.05) is 23.7 Å². The minimum absolute atomic E-state index is 0.258. The zero-order valence-corrected chi connectivity index (χ0v) is 16.4. The molecule has 2 aromatic heterocycles. The van der Waals surface area contributed by atoms with Crippen LogP contribution >= 0.6 is 11.8 Å². The maximum absolute atomic E-state index is 6.38. The molecule has 6 heteroatoms. The second-order valence-electron chi connectivity index (χ2n) is 7.40. The largest absolute Gasteiger partial charge is 0.490 e. The van der Waals surface area contributed by atoms with Gasteiger partial charge in [0.15, 0.2) is 5.82 Å². The van der Waals surface area contributed by atoms with Gasteiger partial charge in [0.1, 0.15) is 11.9 Å². The van der Waals surface area contributed by atoms with E-state index in [4.69, 9.17) is 4.74 Å². The molecule has 1 aromatic carbocycles. The summed E-state index contributed by atoms with van der Waals surface area (Å²) in [5.74, 6) is 4.26. The maximum Gasteiger partial charge on any atom is 0.151 e. The first-order chi connectivity index (χ1) is 13.3. The fourth-order valence-electron chi connectivity index (χ4n) is 4.04. The van der Waals surface area contributed by atoms with Gasteiger partial charge in [0.2, 0.25) is 0 Å². The third-order valence-corrected chi connectivity index (χ3v) is 6.64. The Labute approximate surface area is 163 Å². The Morgan fingerprint density at radius 3 is 2.93 bits per heavy atom. The number of nitrogens with zero attached hydrogens (tertiary/aromatic N) is 4. The van der Waals surface area contributed by atoms with E-state index in [0.29, 0.717) is 0 Å². The highest BCUT2D eigenvalue weighted by molar-refractivity contribution is 7.98. The molecule has 0 radical (unpaired) electrons. The van der Waals surface area contributed by atoms with Gasteiger partial charge in [0, 0.05) is 56.7 Å². The Morgan fingerprint density at radius 1 is 1.15 bits per heavy atom. The van der Waals surface area contributed by atoms with Crippen molar-refractivity contribution in [1.29, 1.82) is 0 Å². The van der Waals surface area contributed by atoms with Crippen molar-refractivity contribution < 1.29 is 4.74 Å². The summed E-state index contributed by atoms with van der Waals surface area (Å²) in [6.07, 6.45) is 5.42. The number of fused-ring (bicyclic) bond motifs is 2. The average molecular weight is 381 g/mol.